The summed E-state index contributed by atoms with van der Waals surface area (Å²) >= 11 is 0. The van der Waals surface area contributed by atoms with E-state index in [1.54, 1.807) is 0 Å². The molecule has 20 heavy (non-hydrogen) atoms. The first kappa shape index (κ1) is 13.8. The van der Waals surface area contributed by atoms with Crippen LogP contribution in [-0.4, -0.2) is 73.6 Å². The summed E-state index contributed by atoms with van der Waals surface area (Å²) in [6, 6.07) is 0.530. The van der Waals surface area contributed by atoms with Gasteiger partial charge in [-0.2, -0.15) is 0 Å². The van der Waals surface area contributed by atoms with Gasteiger partial charge in [0.1, 0.15) is 5.54 Å². The smallest absolute Gasteiger partial charge is 0.254 e. The maximum Gasteiger partial charge on any atom is 0.254 e. The molecule has 3 aliphatic heterocycles. The average Bonchev–Trinajstić information content (AvgIpc) is 2.78. The molecule has 0 aromatic carbocycles. The maximum absolute atomic E-state index is 12.3. The first-order chi connectivity index (χ1) is 9.61. The Kier molecular flexibility index (Phi) is 3.69. The zero-order chi connectivity index (χ0) is 14.2. The molecule has 1 atom stereocenters. The van der Waals surface area contributed by atoms with Crippen LogP contribution in [0.5, 0.6) is 0 Å². The Morgan fingerprint density at radius 3 is 2.70 bits per heavy atom. The second-order valence-corrected chi connectivity index (χ2v) is 6.22. The number of piperidine rings is 1. The third kappa shape index (κ3) is 2.42. The molecule has 1 unspecified atom stereocenters. The molecule has 0 aromatic heterocycles. The van der Waals surface area contributed by atoms with Crippen molar-refractivity contribution >= 4 is 11.9 Å². The Hall–Kier alpha value is -1.14. The lowest BCUT2D eigenvalue weighted by atomic mass is 9.87. The number of carbonyl (C=O) groups excluding carboxylic acids is 1. The molecule has 0 bridgehead atoms. The fourth-order valence-electron chi connectivity index (χ4n) is 3.32. The summed E-state index contributed by atoms with van der Waals surface area (Å²) in [5, 5.41) is 2.90. The molecule has 0 aromatic rings. The van der Waals surface area contributed by atoms with Crippen molar-refractivity contribution in [1.82, 2.24) is 15.1 Å². The number of ether oxygens (including phenoxy) is 1. The van der Waals surface area contributed by atoms with Gasteiger partial charge in [-0.3, -0.25) is 15.0 Å². The minimum atomic E-state index is -0.522. The monoisotopic (exact) mass is 280 g/mol. The number of hydrogen-bond donors (Lipinski definition) is 1. The fourth-order valence-corrected chi connectivity index (χ4v) is 3.32. The van der Waals surface area contributed by atoms with Crippen LogP contribution in [0, 0.1) is 0 Å². The highest BCUT2D eigenvalue weighted by molar-refractivity contribution is 6.07. The molecule has 2 saturated heterocycles. The Balaban J connectivity index is 1.64. The van der Waals surface area contributed by atoms with Gasteiger partial charge in [0, 0.05) is 39.8 Å². The second-order valence-electron chi connectivity index (χ2n) is 6.22. The van der Waals surface area contributed by atoms with E-state index in [-0.39, 0.29) is 5.91 Å². The van der Waals surface area contributed by atoms with Crippen molar-refractivity contribution in [3.63, 3.8) is 0 Å². The lowest BCUT2D eigenvalue weighted by Gasteiger charge is -2.41. The first-order valence-corrected chi connectivity index (χ1v) is 7.51. The second kappa shape index (κ2) is 5.33. The zero-order valence-corrected chi connectivity index (χ0v) is 12.4. The van der Waals surface area contributed by atoms with E-state index in [1.165, 1.54) is 6.42 Å². The summed E-state index contributed by atoms with van der Waals surface area (Å²) in [4.78, 5) is 21.3. The highest BCUT2D eigenvalue weighted by Crippen LogP contribution is 2.31. The Morgan fingerprint density at radius 2 is 2.15 bits per heavy atom. The summed E-state index contributed by atoms with van der Waals surface area (Å²) < 4.78 is 5.57. The molecule has 0 aliphatic carbocycles. The molecule has 2 fully saturated rings. The van der Waals surface area contributed by atoms with Gasteiger partial charge < -0.3 is 9.64 Å². The van der Waals surface area contributed by atoms with Gasteiger partial charge in [0.25, 0.3) is 5.91 Å². The summed E-state index contributed by atoms with van der Waals surface area (Å²) in [5.74, 6) is 0.769. The Bertz CT molecular complexity index is 407. The number of rotatable bonds is 1. The number of nitrogens with one attached hydrogen (secondary N) is 1. The normalized spacial score (nSPS) is 30.2. The summed E-state index contributed by atoms with van der Waals surface area (Å²) in [6.45, 7) is 3.61. The molecule has 6 heteroatoms. The van der Waals surface area contributed by atoms with Gasteiger partial charge in [0.15, 0.2) is 0 Å². The molecule has 6 nitrogen and oxygen atoms in total. The molecule has 3 heterocycles. The maximum atomic E-state index is 12.3. The third-order valence-electron chi connectivity index (χ3n) is 4.67. The van der Waals surface area contributed by atoms with E-state index >= 15 is 0 Å². The van der Waals surface area contributed by atoms with Gasteiger partial charge in [0.2, 0.25) is 5.96 Å². The van der Waals surface area contributed by atoms with Crippen LogP contribution >= 0.6 is 0 Å². The van der Waals surface area contributed by atoms with Crippen LogP contribution in [0.3, 0.4) is 0 Å². The van der Waals surface area contributed by atoms with E-state index in [4.69, 9.17) is 4.74 Å². The Labute approximate surface area is 120 Å². The van der Waals surface area contributed by atoms with E-state index in [0.717, 1.165) is 45.6 Å². The number of carbonyl (C=O) groups is 1. The summed E-state index contributed by atoms with van der Waals surface area (Å²) in [5.41, 5.74) is -0.522. The lowest BCUT2D eigenvalue weighted by Crippen LogP contribution is -2.53. The van der Waals surface area contributed by atoms with Crippen molar-refractivity contribution in [3.8, 4) is 0 Å². The third-order valence-corrected chi connectivity index (χ3v) is 4.67. The quantitative estimate of drug-likeness (QED) is 0.737. The van der Waals surface area contributed by atoms with Crippen molar-refractivity contribution < 1.29 is 9.53 Å². The van der Waals surface area contributed by atoms with Crippen molar-refractivity contribution in [3.05, 3.63) is 0 Å². The van der Waals surface area contributed by atoms with Gasteiger partial charge >= 0.3 is 0 Å². The van der Waals surface area contributed by atoms with Gasteiger partial charge in [-0.25, -0.2) is 4.99 Å². The van der Waals surface area contributed by atoms with Crippen LogP contribution in [0.25, 0.3) is 0 Å². The Morgan fingerprint density at radius 1 is 1.40 bits per heavy atom. The van der Waals surface area contributed by atoms with Crippen LogP contribution in [0.15, 0.2) is 4.99 Å². The van der Waals surface area contributed by atoms with Crippen LogP contribution < -0.4 is 5.32 Å². The minimum absolute atomic E-state index is 0.0701. The minimum Gasteiger partial charge on any atom is -0.380 e. The van der Waals surface area contributed by atoms with E-state index < -0.39 is 5.54 Å². The lowest BCUT2D eigenvalue weighted by molar-refractivity contribution is -0.125. The number of guanidine groups is 1. The number of nitrogens with zero attached hydrogens (tertiary/aromatic N) is 3. The predicted molar refractivity (Wildman–Crippen MR) is 76.6 cm³/mol. The SMILES string of the molecule is CN(C)C1=NC2(CCN(C3CCCOC3)CC2)C(=O)N1. The molecule has 1 spiro atoms. The van der Waals surface area contributed by atoms with E-state index in [1.807, 2.05) is 19.0 Å². The van der Waals surface area contributed by atoms with Gasteiger partial charge in [-0.1, -0.05) is 0 Å². The molecule has 0 saturated carbocycles. The average molecular weight is 280 g/mol. The van der Waals surface area contributed by atoms with E-state index in [2.05, 4.69) is 15.2 Å². The predicted octanol–water partition coefficient (Wildman–Crippen LogP) is 0.0474. The molecule has 3 aliphatic rings. The van der Waals surface area contributed by atoms with Gasteiger partial charge in [-0.05, 0) is 25.7 Å². The summed E-state index contributed by atoms with van der Waals surface area (Å²) in [7, 11) is 3.82. The highest BCUT2D eigenvalue weighted by atomic mass is 16.5. The number of hydrogen-bond acceptors (Lipinski definition) is 5. The number of amides is 1. The molecule has 112 valence electrons. The van der Waals surface area contributed by atoms with Gasteiger partial charge in [0.05, 0.1) is 6.61 Å². The molecular weight excluding hydrogens is 256 g/mol. The van der Waals surface area contributed by atoms with Crippen molar-refractivity contribution in [2.45, 2.75) is 37.3 Å². The zero-order valence-electron chi connectivity index (χ0n) is 12.4. The number of aliphatic imine (C=N–C) groups is 1. The van der Waals surface area contributed by atoms with E-state index in [9.17, 15) is 4.79 Å². The highest BCUT2D eigenvalue weighted by Gasteiger charge is 2.46. The molecule has 3 rings (SSSR count). The fraction of sp³-hybridized carbons (Fsp3) is 0.857. The van der Waals surface area contributed by atoms with Crippen molar-refractivity contribution in [1.29, 1.82) is 0 Å². The standard InChI is InChI=1S/C14H24N4O2/c1-17(2)13-15-12(19)14(16-13)5-7-18(8-6-14)11-4-3-9-20-10-11/h11H,3-10H2,1-2H3,(H,15,16,19). The van der Waals surface area contributed by atoms with Crippen LogP contribution in [0.2, 0.25) is 0 Å². The summed E-state index contributed by atoms with van der Waals surface area (Å²) in [6.07, 6.45) is 3.99. The van der Waals surface area contributed by atoms with E-state index in [0.29, 0.717) is 12.0 Å². The van der Waals surface area contributed by atoms with Crippen LogP contribution in [0.4, 0.5) is 0 Å². The molecule has 1 amide bonds. The molecule has 0 radical (unpaired) electrons. The number of likely N-dealkylation sites (tertiary alicyclic amines) is 1. The van der Waals surface area contributed by atoms with Crippen molar-refractivity contribution in [2.75, 3.05) is 40.4 Å². The van der Waals surface area contributed by atoms with Crippen molar-refractivity contribution in [2.24, 2.45) is 4.99 Å². The van der Waals surface area contributed by atoms with Crippen LogP contribution in [0.1, 0.15) is 25.7 Å². The van der Waals surface area contributed by atoms with Gasteiger partial charge in [-0.15, -0.1) is 0 Å². The molecular formula is C14H24N4O2. The van der Waals surface area contributed by atoms with Crippen LogP contribution in [-0.2, 0) is 9.53 Å². The topological polar surface area (TPSA) is 57.2 Å². The largest absolute Gasteiger partial charge is 0.380 e. The molecule has 1 N–H and O–H groups in total. The first-order valence-electron chi connectivity index (χ1n) is 7.51.